The molecular weight excluding hydrogens is 350 g/mol. The normalized spacial score (nSPS) is 16.7. The number of hydrogen-bond acceptors (Lipinski definition) is 4. The number of hydrogen-bond donors (Lipinski definition) is 1. The van der Waals surface area contributed by atoms with E-state index >= 15 is 0 Å². The van der Waals surface area contributed by atoms with Crippen molar-refractivity contribution in [3.8, 4) is 0 Å². The van der Waals surface area contributed by atoms with Gasteiger partial charge in [0.15, 0.2) is 0 Å². The molecule has 1 fully saturated rings. The molecule has 1 aliphatic rings. The Kier molecular flexibility index (Phi) is 6.82. The van der Waals surface area contributed by atoms with Crippen molar-refractivity contribution in [1.29, 1.82) is 0 Å². The zero-order chi connectivity index (χ0) is 19.5. The molecule has 0 aromatic heterocycles. The smallest absolute Gasteiger partial charge is 0.243 e. The van der Waals surface area contributed by atoms with Gasteiger partial charge in [-0.05, 0) is 51.8 Å². The fraction of sp³-hybridized carbons (Fsp3) is 0.632. The van der Waals surface area contributed by atoms with Crippen LogP contribution in [0.25, 0.3) is 0 Å². The van der Waals surface area contributed by atoms with E-state index in [1.54, 1.807) is 4.90 Å². The highest BCUT2D eigenvalue weighted by atomic mass is 32.2. The number of carbonyl (C=O) groups is 1. The Morgan fingerprint density at radius 2 is 1.73 bits per heavy atom. The van der Waals surface area contributed by atoms with Crippen LogP contribution in [0, 0.1) is 26.7 Å². The van der Waals surface area contributed by atoms with Gasteiger partial charge in [0.2, 0.25) is 15.9 Å². The third-order valence-corrected chi connectivity index (χ3v) is 7.28. The molecule has 1 amide bonds. The highest BCUT2D eigenvalue weighted by molar-refractivity contribution is 7.89. The maximum Gasteiger partial charge on any atom is 0.243 e. The van der Waals surface area contributed by atoms with E-state index < -0.39 is 10.0 Å². The lowest BCUT2D eigenvalue weighted by Gasteiger charge is -2.33. The average molecular weight is 382 g/mol. The SMILES string of the molecule is CNCCN(C)C(=O)C1CCN(S(=O)(=O)c2c(C)cc(C)cc2C)CC1. The minimum atomic E-state index is -3.53. The van der Waals surface area contributed by atoms with E-state index in [0.29, 0.717) is 37.4 Å². The number of rotatable bonds is 6. The molecule has 6 nitrogen and oxygen atoms in total. The van der Waals surface area contributed by atoms with E-state index in [9.17, 15) is 13.2 Å². The summed E-state index contributed by atoms with van der Waals surface area (Å²) in [5.41, 5.74) is 2.63. The Hall–Kier alpha value is -1.44. The number of amides is 1. The summed E-state index contributed by atoms with van der Waals surface area (Å²) < 4.78 is 27.8. The van der Waals surface area contributed by atoms with Crippen LogP contribution in [0.5, 0.6) is 0 Å². The molecule has 1 aromatic rings. The van der Waals surface area contributed by atoms with Crippen LogP contribution in [0.2, 0.25) is 0 Å². The standard InChI is InChI=1S/C19H31N3O3S/c1-14-12-15(2)18(16(3)13-14)26(24,25)22-9-6-17(7-10-22)19(23)21(5)11-8-20-4/h12-13,17,20H,6-11H2,1-5H3. The van der Waals surface area contributed by atoms with Crippen LogP contribution in [0.1, 0.15) is 29.5 Å². The monoisotopic (exact) mass is 381 g/mol. The van der Waals surface area contributed by atoms with Gasteiger partial charge in [0.05, 0.1) is 4.90 Å². The number of carbonyl (C=O) groups excluding carboxylic acids is 1. The van der Waals surface area contributed by atoms with Crippen molar-refractivity contribution in [2.24, 2.45) is 5.92 Å². The van der Waals surface area contributed by atoms with Crippen LogP contribution in [0.3, 0.4) is 0 Å². The lowest BCUT2D eigenvalue weighted by atomic mass is 9.97. The van der Waals surface area contributed by atoms with Crippen molar-refractivity contribution in [1.82, 2.24) is 14.5 Å². The topological polar surface area (TPSA) is 69.7 Å². The quantitative estimate of drug-likeness (QED) is 0.814. The van der Waals surface area contributed by atoms with Gasteiger partial charge < -0.3 is 10.2 Å². The molecule has 2 rings (SSSR count). The molecule has 0 atom stereocenters. The zero-order valence-electron chi connectivity index (χ0n) is 16.5. The molecule has 0 spiro atoms. The second-order valence-electron chi connectivity index (χ2n) is 7.27. The van der Waals surface area contributed by atoms with Gasteiger partial charge in [0.1, 0.15) is 0 Å². The lowest BCUT2D eigenvalue weighted by Crippen LogP contribution is -2.44. The van der Waals surface area contributed by atoms with Gasteiger partial charge in [0, 0.05) is 39.1 Å². The van der Waals surface area contributed by atoms with Crippen LogP contribution >= 0.6 is 0 Å². The molecule has 0 radical (unpaired) electrons. The summed E-state index contributed by atoms with van der Waals surface area (Å²) in [5, 5.41) is 3.03. The van der Waals surface area contributed by atoms with Crippen LogP contribution in [-0.4, -0.2) is 63.8 Å². The van der Waals surface area contributed by atoms with Crippen molar-refractivity contribution in [3.05, 3.63) is 28.8 Å². The van der Waals surface area contributed by atoms with Gasteiger partial charge in [-0.15, -0.1) is 0 Å². The number of likely N-dealkylation sites (N-methyl/N-ethyl adjacent to an activating group) is 2. The number of piperidine rings is 1. The first kappa shape index (κ1) is 20.9. The molecule has 1 N–H and O–H groups in total. The van der Waals surface area contributed by atoms with Crippen LogP contribution in [0.15, 0.2) is 17.0 Å². The number of nitrogens with one attached hydrogen (secondary N) is 1. The zero-order valence-corrected chi connectivity index (χ0v) is 17.3. The molecular formula is C19H31N3O3S. The number of aryl methyl sites for hydroxylation is 3. The summed E-state index contributed by atoms with van der Waals surface area (Å²) in [6.45, 7) is 7.87. The molecule has 0 bridgehead atoms. The predicted octanol–water partition coefficient (Wildman–Crippen LogP) is 1.69. The van der Waals surface area contributed by atoms with Crippen LogP contribution in [-0.2, 0) is 14.8 Å². The molecule has 146 valence electrons. The van der Waals surface area contributed by atoms with Crippen molar-refractivity contribution in [2.75, 3.05) is 40.3 Å². The summed E-state index contributed by atoms with van der Waals surface area (Å²) in [7, 11) is 0.140. The molecule has 1 heterocycles. The van der Waals surface area contributed by atoms with Gasteiger partial charge in [0.25, 0.3) is 0 Å². The van der Waals surface area contributed by atoms with Gasteiger partial charge in [-0.2, -0.15) is 4.31 Å². The molecule has 1 aromatic carbocycles. The number of sulfonamides is 1. The summed E-state index contributed by atoms with van der Waals surface area (Å²) in [6.07, 6.45) is 1.15. The summed E-state index contributed by atoms with van der Waals surface area (Å²) in [4.78, 5) is 14.7. The number of nitrogens with zero attached hydrogens (tertiary/aromatic N) is 2. The van der Waals surface area contributed by atoms with E-state index in [1.165, 1.54) is 4.31 Å². The minimum Gasteiger partial charge on any atom is -0.344 e. The van der Waals surface area contributed by atoms with E-state index in [2.05, 4.69) is 5.32 Å². The Balaban J connectivity index is 2.09. The molecule has 26 heavy (non-hydrogen) atoms. The van der Waals surface area contributed by atoms with Gasteiger partial charge in [-0.3, -0.25) is 4.79 Å². The highest BCUT2D eigenvalue weighted by Crippen LogP contribution is 2.29. The van der Waals surface area contributed by atoms with Crippen molar-refractivity contribution in [3.63, 3.8) is 0 Å². The van der Waals surface area contributed by atoms with E-state index in [1.807, 2.05) is 47.0 Å². The first-order valence-corrected chi connectivity index (χ1v) is 10.6. The third-order valence-electron chi connectivity index (χ3n) is 5.08. The molecule has 0 saturated carbocycles. The average Bonchev–Trinajstić information content (AvgIpc) is 2.58. The first-order valence-electron chi connectivity index (χ1n) is 9.16. The second-order valence-corrected chi connectivity index (χ2v) is 9.14. The first-order chi connectivity index (χ1) is 12.2. The van der Waals surface area contributed by atoms with Crippen molar-refractivity contribution >= 4 is 15.9 Å². The third kappa shape index (κ3) is 4.45. The highest BCUT2D eigenvalue weighted by Gasteiger charge is 2.34. The van der Waals surface area contributed by atoms with Crippen molar-refractivity contribution in [2.45, 2.75) is 38.5 Å². The Morgan fingerprint density at radius 1 is 1.19 bits per heavy atom. The maximum atomic E-state index is 13.1. The minimum absolute atomic E-state index is 0.0940. The second kappa shape index (κ2) is 8.50. The molecule has 1 aliphatic heterocycles. The van der Waals surface area contributed by atoms with Gasteiger partial charge >= 0.3 is 0 Å². The van der Waals surface area contributed by atoms with E-state index in [-0.39, 0.29) is 11.8 Å². The van der Waals surface area contributed by atoms with Crippen molar-refractivity contribution < 1.29 is 13.2 Å². The molecule has 0 unspecified atom stereocenters. The lowest BCUT2D eigenvalue weighted by molar-refractivity contribution is -0.135. The van der Waals surface area contributed by atoms with E-state index in [0.717, 1.165) is 23.2 Å². The molecule has 0 aliphatic carbocycles. The molecule has 7 heteroatoms. The summed E-state index contributed by atoms with van der Waals surface area (Å²) >= 11 is 0. The maximum absolute atomic E-state index is 13.1. The van der Waals surface area contributed by atoms with Crippen LogP contribution in [0.4, 0.5) is 0 Å². The van der Waals surface area contributed by atoms with Gasteiger partial charge in [-0.1, -0.05) is 17.7 Å². The Morgan fingerprint density at radius 3 is 2.23 bits per heavy atom. The fourth-order valence-electron chi connectivity index (χ4n) is 3.75. The van der Waals surface area contributed by atoms with E-state index in [4.69, 9.17) is 0 Å². The fourth-order valence-corrected chi connectivity index (χ4v) is 5.63. The summed E-state index contributed by atoms with van der Waals surface area (Å²) in [5.74, 6) is 0.0171. The molecule has 1 saturated heterocycles. The largest absolute Gasteiger partial charge is 0.344 e. The summed E-state index contributed by atoms with van der Waals surface area (Å²) in [6, 6.07) is 3.82. The predicted molar refractivity (Wildman–Crippen MR) is 104 cm³/mol. The van der Waals surface area contributed by atoms with Gasteiger partial charge in [-0.25, -0.2) is 8.42 Å². The Labute approximate surface area is 157 Å². The number of benzene rings is 1. The van der Waals surface area contributed by atoms with Crippen LogP contribution < -0.4 is 5.32 Å². The Bertz CT molecular complexity index is 730.